The van der Waals surface area contributed by atoms with Gasteiger partial charge in [0.25, 0.3) is 0 Å². The molecule has 0 saturated carbocycles. The Morgan fingerprint density at radius 2 is 0.608 bits per heavy atom. The normalized spacial score (nSPS) is 12.7. The summed E-state index contributed by atoms with van der Waals surface area (Å²) in [6, 6.07) is -0.628. The van der Waals surface area contributed by atoms with Crippen LogP contribution in [0.2, 0.25) is 0 Å². The molecule has 0 aliphatic carbocycles. The van der Waals surface area contributed by atoms with Gasteiger partial charge in [0, 0.05) is 12.8 Å². The number of unbranched alkanes of at least 4 members (excludes halogenated alkanes) is 52. The number of hydrogen-bond acceptors (Lipinski definition) is 5. The van der Waals surface area contributed by atoms with E-state index >= 15 is 0 Å². The molecular weight excluding hydrogens is 971 g/mol. The minimum Gasteiger partial charge on any atom is -0.466 e. The van der Waals surface area contributed by atoms with Gasteiger partial charge in [0.1, 0.15) is 0 Å². The second-order valence-corrected chi connectivity index (χ2v) is 24.6. The molecule has 0 aliphatic heterocycles. The van der Waals surface area contributed by atoms with Gasteiger partial charge in [-0.15, -0.1) is 0 Å². The molecule has 2 unspecified atom stereocenters. The summed E-state index contributed by atoms with van der Waals surface area (Å²) in [4.78, 5) is 24.5. The molecule has 0 radical (unpaired) electrons. The maximum atomic E-state index is 12.5. The molecule has 0 aliphatic rings. The summed E-state index contributed by atoms with van der Waals surface area (Å²) < 4.78 is 5.47. The standard InChI is InChI=1S/C73H139NO5/c1-3-5-7-9-11-13-15-16-17-18-19-30-33-36-39-42-46-49-53-57-61-65-71(76)70(69-75)74-72(77)66-62-58-54-50-47-43-40-37-34-31-28-26-24-22-20-21-23-25-27-29-32-35-38-41-44-48-52-56-60-64-68-79-73(78)67-63-59-55-51-45-14-12-10-8-6-4-2/h10,12,21,23,61,65,70-71,75-76H,3-9,11,13-20,22,24-60,62-64,66-69H2,1-2H3,(H,74,77)/b12-10-,23-21-,65-61+. The van der Waals surface area contributed by atoms with Crippen LogP contribution >= 0.6 is 0 Å². The van der Waals surface area contributed by atoms with Gasteiger partial charge in [-0.25, -0.2) is 0 Å². The van der Waals surface area contributed by atoms with Crippen molar-refractivity contribution >= 4 is 11.9 Å². The van der Waals surface area contributed by atoms with Crippen LogP contribution in [0.1, 0.15) is 393 Å². The van der Waals surface area contributed by atoms with E-state index in [2.05, 4.69) is 43.5 Å². The molecule has 0 bridgehead atoms. The van der Waals surface area contributed by atoms with Crippen molar-refractivity contribution in [3.05, 3.63) is 36.5 Å². The number of amides is 1. The number of aliphatic hydroxyl groups is 2. The van der Waals surface area contributed by atoms with E-state index in [-0.39, 0.29) is 18.5 Å². The monoisotopic (exact) mass is 1110 g/mol. The SMILES string of the molecule is CCCC/C=C\CCCCCCCC(=O)OCCCCCCCCCCCCCC/C=C\CCCCCCCCCCCCCCCCC(=O)NC(CO)C(O)/C=C/CCCCCCCCCCCCCCCCCCCCC. The summed E-state index contributed by atoms with van der Waals surface area (Å²) in [5, 5.41) is 23.3. The lowest BCUT2D eigenvalue weighted by Gasteiger charge is -2.20. The fourth-order valence-electron chi connectivity index (χ4n) is 11.1. The van der Waals surface area contributed by atoms with Gasteiger partial charge in [-0.05, 0) is 77.0 Å². The average Bonchev–Trinajstić information content (AvgIpc) is 3.45. The van der Waals surface area contributed by atoms with Crippen molar-refractivity contribution in [2.24, 2.45) is 0 Å². The largest absolute Gasteiger partial charge is 0.466 e. The molecular formula is C73H139NO5. The second-order valence-electron chi connectivity index (χ2n) is 24.6. The smallest absolute Gasteiger partial charge is 0.305 e. The Balaban J connectivity index is 3.40. The van der Waals surface area contributed by atoms with Crippen molar-refractivity contribution < 1.29 is 24.5 Å². The van der Waals surface area contributed by atoms with Crippen LogP contribution in [-0.4, -0.2) is 47.4 Å². The first-order chi connectivity index (χ1) is 39.0. The minimum atomic E-state index is -0.845. The number of nitrogens with one attached hydrogen (secondary N) is 1. The Hall–Kier alpha value is -1.92. The van der Waals surface area contributed by atoms with E-state index in [1.54, 1.807) is 6.08 Å². The molecule has 0 spiro atoms. The molecule has 0 saturated heterocycles. The summed E-state index contributed by atoms with van der Waals surface area (Å²) in [7, 11) is 0. The number of ether oxygens (including phenoxy) is 1. The molecule has 2 atom stereocenters. The van der Waals surface area contributed by atoms with Crippen LogP contribution in [0.15, 0.2) is 36.5 Å². The molecule has 0 aromatic heterocycles. The van der Waals surface area contributed by atoms with Crippen LogP contribution in [0, 0.1) is 0 Å². The lowest BCUT2D eigenvalue weighted by atomic mass is 10.0. The van der Waals surface area contributed by atoms with Gasteiger partial charge < -0.3 is 20.3 Å². The third-order valence-corrected chi connectivity index (χ3v) is 16.6. The van der Waals surface area contributed by atoms with Crippen molar-refractivity contribution in [3.8, 4) is 0 Å². The molecule has 0 fully saturated rings. The van der Waals surface area contributed by atoms with Gasteiger partial charge >= 0.3 is 5.97 Å². The summed E-state index contributed by atoms with van der Waals surface area (Å²) >= 11 is 0. The lowest BCUT2D eigenvalue weighted by molar-refractivity contribution is -0.143. The quantitative estimate of drug-likeness (QED) is 0.0320. The molecule has 0 rings (SSSR count). The molecule has 0 heterocycles. The highest BCUT2D eigenvalue weighted by Crippen LogP contribution is 2.18. The van der Waals surface area contributed by atoms with Gasteiger partial charge in [0.05, 0.1) is 25.4 Å². The number of allylic oxidation sites excluding steroid dienone is 5. The fourth-order valence-corrected chi connectivity index (χ4v) is 11.1. The first-order valence-corrected chi connectivity index (χ1v) is 35.8. The fraction of sp³-hybridized carbons (Fsp3) is 0.890. The van der Waals surface area contributed by atoms with Crippen molar-refractivity contribution in [3.63, 3.8) is 0 Å². The summed E-state index contributed by atoms with van der Waals surface area (Å²) in [5.74, 6) is -0.0568. The van der Waals surface area contributed by atoms with Crippen LogP contribution in [-0.2, 0) is 14.3 Å². The number of rotatable bonds is 67. The van der Waals surface area contributed by atoms with E-state index in [9.17, 15) is 19.8 Å². The maximum Gasteiger partial charge on any atom is 0.305 e. The highest BCUT2D eigenvalue weighted by molar-refractivity contribution is 5.76. The van der Waals surface area contributed by atoms with E-state index < -0.39 is 12.1 Å². The number of carbonyl (C=O) groups excluding carboxylic acids is 2. The summed E-state index contributed by atoms with van der Waals surface area (Å²) in [6.45, 7) is 4.90. The molecule has 0 aromatic carbocycles. The molecule has 6 nitrogen and oxygen atoms in total. The zero-order valence-corrected chi connectivity index (χ0v) is 53.4. The molecule has 79 heavy (non-hydrogen) atoms. The number of esters is 1. The van der Waals surface area contributed by atoms with Crippen molar-refractivity contribution in [2.75, 3.05) is 13.2 Å². The number of carbonyl (C=O) groups is 2. The van der Waals surface area contributed by atoms with Crippen LogP contribution < -0.4 is 5.32 Å². The Morgan fingerprint density at radius 1 is 0.342 bits per heavy atom. The maximum absolute atomic E-state index is 12.5. The molecule has 0 aromatic rings. The Morgan fingerprint density at radius 3 is 0.937 bits per heavy atom. The van der Waals surface area contributed by atoms with Gasteiger partial charge in [0.15, 0.2) is 0 Å². The lowest BCUT2D eigenvalue weighted by Crippen LogP contribution is -2.45. The average molecular weight is 1110 g/mol. The third-order valence-electron chi connectivity index (χ3n) is 16.6. The third kappa shape index (κ3) is 65.1. The van der Waals surface area contributed by atoms with E-state index in [4.69, 9.17) is 4.74 Å². The second kappa shape index (κ2) is 68.6. The van der Waals surface area contributed by atoms with Crippen molar-refractivity contribution in [2.45, 2.75) is 405 Å². The van der Waals surface area contributed by atoms with Gasteiger partial charge in [-0.3, -0.25) is 9.59 Å². The first kappa shape index (κ1) is 77.1. The molecule has 1 amide bonds. The van der Waals surface area contributed by atoms with E-state index in [1.807, 2.05) is 6.08 Å². The zero-order chi connectivity index (χ0) is 57.1. The Bertz CT molecular complexity index is 1280. The first-order valence-electron chi connectivity index (χ1n) is 35.8. The van der Waals surface area contributed by atoms with Gasteiger partial charge in [-0.1, -0.05) is 339 Å². The van der Waals surface area contributed by atoms with Gasteiger partial charge in [-0.2, -0.15) is 0 Å². The van der Waals surface area contributed by atoms with Gasteiger partial charge in [0.2, 0.25) is 5.91 Å². The van der Waals surface area contributed by atoms with Crippen LogP contribution in [0.4, 0.5) is 0 Å². The van der Waals surface area contributed by atoms with Crippen LogP contribution in [0.3, 0.4) is 0 Å². The number of aliphatic hydroxyl groups excluding tert-OH is 2. The minimum absolute atomic E-state index is 0.00597. The van der Waals surface area contributed by atoms with E-state index in [0.717, 1.165) is 44.9 Å². The van der Waals surface area contributed by atoms with Crippen molar-refractivity contribution in [1.82, 2.24) is 5.32 Å². The van der Waals surface area contributed by atoms with E-state index in [1.165, 1.54) is 321 Å². The predicted molar refractivity (Wildman–Crippen MR) is 347 cm³/mol. The number of hydrogen-bond donors (Lipinski definition) is 3. The predicted octanol–water partition coefficient (Wildman–Crippen LogP) is 23.1. The topological polar surface area (TPSA) is 95.9 Å². The summed E-state index contributed by atoms with van der Waals surface area (Å²) in [6.07, 6.45) is 88.0. The van der Waals surface area contributed by atoms with Crippen LogP contribution in [0.25, 0.3) is 0 Å². The molecule has 466 valence electrons. The summed E-state index contributed by atoms with van der Waals surface area (Å²) in [5.41, 5.74) is 0. The van der Waals surface area contributed by atoms with Crippen molar-refractivity contribution in [1.29, 1.82) is 0 Å². The van der Waals surface area contributed by atoms with Crippen LogP contribution in [0.5, 0.6) is 0 Å². The Labute approximate surface area is 494 Å². The zero-order valence-electron chi connectivity index (χ0n) is 53.4. The Kier molecular flexibility index (Phi) is 66.9. The highest BCUT2D eigenvalue weighted by atomic mass is 16.5. The van der Waals surface area contributed by atoms with E-state index in [0.29, 0.717) is 19.4 Å². The molecule has 6 heteroatoms. The molecule has 3 N–H and O–H groups in total. The highest BCUT2D eigenvalue weighted by Gasteiger charge is 2.18.